The molecule has 0 spiro atoms. The summed E-state index contributed by atoms with van der Waals surface area (Å²) in [5.74, 6) is 0.539. The van der Waals surface area contributed by atoms with Gasteiger partial charge in [0.25, 0.3) is 0 Å². The molecule has 0 amide bonds. The van der Waals surface area contributed by atoms with Crippen molar-refractivity contribution in [3.63, 3.8) is 0 Å². The lowest BCUT2D eigenvalue weighted by Gasteiger charge is -2.18. The minimum absolute atomic E-state index is 0.539. The molecule has 0 bridgehead atoms. The van der Waals surface area contributed by atoms with E-state index in [-0.39, 0.29) is 0 Å². The van der Waals surface area contributed by atoms with Crippen LogP contribution in [-0.4, -0.2) is 0 Å². The van der Waals surface area contributed by atoms with Gasteiger partial charge < -0.3 is 0 Å². The third kappa shape index (κ3) is 2.52. The predicted molar refractivity (Wildman–Crippen MR) is 97.0 cm³/mol. The summed E-state index contributed by atoms with van der Waals surface area (Å²) in [6.07, 6.45) is 6.91. The fraction of sp³-hybridized carbons (Fsp3) is 0.318. The number of fused-ring (bicyclic) bond motifs is 1. The molecule has 113 valence electrons. The van der Waals surface area contributed by atoms with Gasteiger partial charge in [-0.15, -0.1) is 0 Å². The first-order chi connectivity index (χ1) is 10.7. The molecule has 1 radical (unpaired) electrons. The molecule has 1 aliphatic carbocycles. The maximum atomic E-state index is 2.39. The summed E-state index contributed by atoms with van der Waals surface area (Å²) in [5.41, 5.74) is 9.99. The van der Waals surface area contributed by atoms with Crippen molar-refractivity contribution >= 4 is 6.08 Å². The first-order valence-corrected chi connectivity index (χ1v) is 8.46. The van der Waals surface area contributed by atoms with Crippen LogP contribution >= 0.6 is 0 Å². The molecule has 3 rings (SSSR count). The highest BCUT2D eigenvalue weighted by Crippen LogP contribution is 2.41. The van der Waals surface area contributed by atoms with Crippen molar-refractivity contribution < 1.29 is 0 Å². The highest BCUT2D eigenvalue weighted by atomic mass is 14.2. The van der Waals surface area contributed by atoms with E-state index in [4.69, 9.17) is 0 Å². The maximum absolute atomic E-state index is 2.39. The molecule has 0 heteroatoms. The summed E-state index contributed by atoms with van der Waals surface area (Å²) in [6, 6.07) is 13.5. The van der Waals surface area contributed by atoms with Crippen molar-refractivity contribution in [1.82, 2.24) is 0 Å². The third-order valence-corrected chi connectivity index (χ3v) is 4.68. The van der Waals surface area contributed by atoms with Crippen LogP contribution in [0.3, 0.4) is 0 Å². The highest BCUT2D eigenvalue weighted by Gasteiger charge is 2.20. The van der Waals surface area contributed by atoms with Gasteiger partial charge in [0.15, 0.2) is 0 Å². The van der Waals surface area contributed by atoms with Gasteiger partial charge in [-0.1, -0.05) is 75.7 Å². The summed E-state index contributed by atoms with van der Waals surface area (Å²) >= 11 is 0. The monoisotopic (exact) mass is 289 g/mol. The van der Waals surface area contributed by atoms with E-state index in [1.54, 1.807) is 0 Å². The van der Waals surface area contributed by atoms with E-state index in [0.717, 1.165) is 12.8 Å². The van der Waals surface area contributed by atoms with Gasteiger partial charge in [0, 0.05) is 6.42 Å². The fourth-order valence-corrected chi connectivity index (χ4v) is 3.43. The van der Waals surface area contributed by atoms with E-state index in [1.165, 1.54) is 39.0 Å². The lowest BCUT2D eigenvalue weighted by atomic mass is 9.86. The van der Waals surface area contributed by atoms with Crippen LogP contribution in [0.5, 0.6) is 0 Å². The number of benzene rings is 2. The van der Waals surface area contributed by atoms with Gasteiger partial charge in [0.2, 0.25) is 0 Å². The average Bonchev–Trinajstić information content (AvgIpc) is 2.96. The molecule has 0 aromatic heterocycles. The Balaban J connectivity index is 2.28. The summed E-state index contributed by atoms with van der Waals surface area (Å²) in [5, 5.41) is 0. The van der Waals surface area contributed by atoms with Crippen LogP contribution in [0.25, 0.3) is 17.2 Å². The molecule has 2 aromatic rings. The zero-order chi connectivity index (χ0) is 15.7. The van der Waals surface area contributed by atoms with E-state index < -0.39 is 0 Å². The summed E-state index contributed by atoms with van der Waals surface area (Å²) < 4.78 is 0. The van der Waals surface area contributed by atoms with E-state index >= 15 is 0 Å². The van der Waals surface area contributed by atoms with Gasteiger partial charge in [0.1, 0.15) is 0 Å². The zero-order valence-corrected chi connectivity index (χ0v) is 14.1. The molecule has 2 aromatic carbocycles. The van der Waals surface area contributed by atoms with Crippen molar-refractivity contribution in [2.75, 3.05) is 0 Å². The smallest absolute Gasteiger partial charge is 0.0164 e. The lowest BCUT2D eigenvalue weighted by Crippen LogP contribution is -1.98. The highest BCUT2D eigenvalue weighted by molar-refractivity contribution is 5.86. The molecule has 0 fully saturated rings. The molecule has 0 unspecified atom stereocenters. The Hall–Kier alpha value is -1.82. The summed E-state index contributed by atoms with van der Waals surface area (Å²) in [4.78, 5) is 0. The number of rotatable bonds is 4. The van der Waals surface area contributed by atoms with Crippen molar-refractivity contribution in [2.45, 2.75) is 46.5 Å². The van der Waals surface area contributed by atoms with Crippen molar-refractivity contribution in [3.8, 4) is 11.1 Å². The molecule has 0 atom stereocenters. The Morgan fingerprint density at radius 3 is 2.36 bits per heavy atom. The van der Waals surface area contributed by atoms with Crippen molar-refractivity contribution in [3.05, 3.63) is 70.6 Å². The Morgan fingerprint density at radius 1 is 0.909 bits per heavy atom. The van der Waals surface area contributed by atoms with Crippen LogP contribution in [-0.2, 0) is 6.42 Å². The number of hydrogen-bond acceptors (Lipinski definition) is 0. The zero-order valence-electron chi connectivity index (χ0n) is 14.1. The van der Waals surface area contributed by atoms with Crippen LogP contribution in [0.2, 0.25) is 0 Å². The second kappa shape index (κ2) is 6.12. The molecular weight excluding hydrogens is 264 g/mol. The van der Waals surface area contributed by atoms with Gasteiger partial charge >= 0.3 is 0 Å². The van der Waals surface area contributed by atoms with Crippen LogP contribution in [0.4, 0.5) is 0 Å². The van der Waals surface area contributed by atoms with E-state index in [1.807, 2.05) is 0 Å². The second-order valence-corrected chi connectivity index (χ2v) is 6.42. The molecule has 0 aliphatic heterocycles. The van der Waals surface area contributed by atoms with Gasteiger partial charge in [0.05, 0.1) is 0 Å². The van der Waals surface area contributed by atoms with E-state index in [2.05, 4.69) is 76.6 Å². The Labute approximate surface area is 134 Å². The summed E-state index contributed by atoms with van der Waals surface area (Å²) in [7, 11) is 0. The Kier molecular flexibility index (Phi) is 4.20. The number of allylic oxidation sites excluding steroid dienone is 1. The summed E-state index contributed by atoms with van der Waals surface area (Å²) in [6.45, 7) is 9.06. The van der Waals surface area contributed by atoms with Crippen LogP contribution < -0.4 is 0 Å². The topological polar surface area (TPSA) is 0 Å². The average molecular weight is 289 g/mol. The maximum Gasteiger partial charge on any atom is 0.0164 e. The number of hydrogen-bond donors (Lipinski definition) is 0. The second-order valence-electron chi connectivity index (χ2n) is 6.42. The van der Waals surface area contributed by atoms with Crippen molar-refractivity contribution in [2.24, 2.45) is 0 Å². The van der Waals surface area contributed by atoms with Crippen LogP contribution in [0, 0.1) is 6.42 Å². The quantitative estimate of drug-likeness (QED) is 0.611. The van der Waals surface area contributed by atoms with E-state index in [0.29, 0.717) is 5.92 Å². The van der Waals surface area contributed by atoms with Gasteiger partial charge in [-0.25, -0.2) is 0 Å². The van der Waals surface area contributed by atoms with Crippen LogP contribution in [0.15, 0.2) is 42.0 Å². The largest absolute Gasteiger partial charge is 0.0619 e. The van der Waals surface area contributed by atoms with Crippen LogP contribution in [0.1, 0.15) is 62.3 Å². The predicted octanol–water partition coefficient (Wildman–Crippen LogP) is 6.40. The Bertz CT molecular complexity index is 717. The molecule has 0 N–H and O–H groups in total. The van der Waals surface area contributed by atoms with Gasteiger partial charge in [-0.05, 0) is 52.1 Å². The minimum Gasteiger partial charge on any atom is -0.0619 e. The first kappa shape index (κ1) is 15.1. The standard InChI is InChI=1S/C22H25/c1-5-16-13-18-12-11-17(6-2)22(21(18)14-16)20-10-8-7-9-19(20)15(3)4/h7-15H,5-6H2,1-4H3. The Morgan fingerprint density at radius 2 is 1.68 bits per heavy atom. The molecule has 0 heterocycles. The normalized spacial score (nSPS) is 13.4. The first-order valence-electron chi connectivity index (χ1n) is 8.46. The molecule has 0 saturated carbocycles. The SMILES string of the molecule is CCC1=Cc2c(ccc(CC)c2-c2ccccc2C(C)C)[CH]1. The third-order valence-electron chi connectivity index (χ3n) is 4.68. The van der Waals surface area contributed by atoms with Gasteiger partial charge in [-0.3, -0.25) is 0 Å². The minimum atomic E-state index is 0.539. The number of aryl methyl sites for hydroxylation is 1. The van der Waals surface area contributed by atoms with E-state index in [9.17, 15) is 0 Å². The van der Waals surface area contributed by atoms with Gasteiger partial charge in [-0.2, -0.15) is 0 Å². The van der Waals surface area contributed by atoms with Crippen molar-refractivity contribution in [1.29, 1.82) is 0 Å². The molecule has 0 saturated heterocycles. The molecular formula is C22H25. The molecule has 1 aliphatic rings. The molecule has 0 nitrogen and oxygen atoms in total. The lowest BCUT2D eigenvalue weighted by molar-refractivity contribution is 0.868. The molecule has 22 heavy (non-hydrogen) atoms. The fourth-order valence-electron chi connectivity index (χ4n) is 3.43.